The summed E-state index contributed by atoms with van der Waals surface area (Å²) in [4.78, 5) is 34.6. The first-order valence-corrected chi connectivity index (χ1v) is 13.2. The van der Waals surface area contributed by atoms with E-state index in [2.05, 4.69) is 82.4 Å². The number of para-hydroxylation sites is 1. The maximum Gasteiger partial charge on any atom is 0.246 e. The summed E-state index contributed by atoms with van der Waals surface area (Å²) in [6.45, 7) is 8.44. The second-order valence-corrected chi connectivity index (χ2v) is 10.9. The van der Waals surface area contributed by atoms with Gasteiger partial charge in [0.15, 0.2) is 0 Å². The van der Waals surface area contributed by atoms with E-state index in [0.717, 1.165) is 39.1 Å². The molecule has 5 rings (SSSR count). The third kappa shape index (κ3) is 4.81. The molecule has 6 nitrogen and oxygen atoms in total. The Labute approximate surface area is 209 Å². The van der Waals surface area contributed by atoms with Crippen LogP contribution in [-0.2, 0) is 16.1 Å². The molecule has 3 fully saturated rings. The zero-order chi connectivity index (χ0) is 24.4. The Balaban J connectivity index is 1.37. The fourth-order valence-electron chi connectivity index (χ4n) is 6.25. The molecule has 186 valence electrons. The van der Waals surface area contributed by atoms with E-state index in [4.69, 9.17) is 0 Å². The van der Waals surface area contributed by atoms with Gasteiger partial charge in [0.05, 0.1) is 0 Å². The lowest BCUT2D eigenvalue weighted by Gasteiger charge is -2.54. The monoisotopic (exact) mass is 474 g/mol. The lowest BCUT2D eigenvalue weighted by atomic mass is 9.79. The molecule has 0 aromatic heterocycles. The molecule has 3 saturated heterocycles. The standard InChI is InChI=1S/C29H38N4O2/c1-22(2)19-26-27(34)33(25-13-16-31(21-25)20-23-9-5-3-6-10-23)29(28(35)30-26)14-17-32(18-15-29)24-11-7-4-8-12-24/h3-12,22,25-26H,13-21H2,1-2H3,(H,30,35). The number of rotatable bonds is 6. The summed E-state index contributed by atoms with van der Waals surface area (Å²) in [5.41, 5.74) is 1.73. The molecule has 6 heteroatoms. The highest BCUT2D eigenvalue weighted by Gasteiger charge is 2.56. The first kappa shape index (κ1) is 23.9. The molecule has 0 saturated carbocycles. The fraction of sp³-hybridized carbons (Fsp3) is 0.517. The van der Waals surface area contributed by atoms with E-state index >= 15 is 0 Å². The molecule has 1 N–H and O–H groups in total. The number of benzene rings is 2. The highest BCUT2D eigenvalue weighted by atomic mass is 16.2. The fourth-order valence-corrected chi connectivity index (χ4v) is 6.25. The maximum atomic E-state index is 14.0. The third-order valence-corrected chi connectivity index (χ3v) is 8.01. The minimum Gasteiger partial charge on any atom is -0.371 e. The van der Waals surface area contributed by atoms with Crippen LogP contribution in [0.4, 0.5) is 5.69 Å². The Kier molecular flexibility index (Phi) is 6.83. The topological polar surface area (TPSA) is 55.9 Å². The minimum atomic E-state index is -0.747. The van der Waals surface area contributed by atoms with Crippen LogP contribution < -0.4 is 10.2 Å². The lowest BCUT2D eigenvalue weighted by molar-refractivity contribution is -0.163. The van der Waals surface area contributed by atoms with Crippen molar-refractivity contribution in [2.75, 3.05) is 31.1 Å². The van der Waals surface area contributed by atoms with Crippen LogP contribution in [0.25, 0.3) is 0 Å². The molecular weight excluding hydrogens is 436 g/mol. The quantitative estimate of drug-likeness (QED) is 0.694. The molecule has 2 amide bonds. The summed E-state index contributed by atoms with van der Waals surface area (Å²) < 4.78 is 0. The summed E-state index contributed by atoms with van der Waals surface area (Å²) in [6, 6.07) is 20.6. The van der Waals surface area contributed by atoms with Crippen molar-refractivity contribution in [2.45, 2.75) is 63.7 Å². The van der Waals surface area contributed by atoms with Gasteiger partial charge in [0.2, 0.25) is 11.8 Å². The molecule has 3 heterocycles. The summed E-state index contributed by atoms with van der Waals surface area (Å²) in [6.07, 6.45) is 2.95. The number of hydrogen-bond acceptors (Lipinski definition) is 4. The van der Waals surface area contributed by atoms with E-state index in [1.165, 1.54) is 11.3 Å². The molecule has 0 radical (unpaired) electrons. The molecular formula is C29H38N4O2. The van der Waals surface area contributed by atoms with Gasteiger partial charge in [-0.25, -0.2) is 0 Å². The number of nitrogens with zero attached hydrogens (tertiary/aromatic N) is 3. The first-order valence-electron chi connectivity index (χ1n) is 13.2. The van der Waals surface area contributed by atoms with Gasteiger partial charge in [0, 0.05) is 44.5 Å². The van der Waals surface area contributed by atoms with Crippen LogP contribution in [0.15, 0.2) is 60.7 Å². The van der Waals surface area contributed by atoms with Gasteiger partial charge >= 0.3 is 0 Å². The molecule has 3 aliphatic rings. The Morgan fingerprint density at radius 1 is 0.943 bits per heavy atom. The number of likely N-dealkylation sites (tertiary alicyclic amines) is 1. The van der Waals surface area contributed by atoms with E-state index < -0.39 is 11.6 Å². The van der Waals surface area contributed by atoms with Crippen molar-refractivity contribution in [3.05, 3.63) is 66.2 Å². The first-order chi connectivity index (χ1) is 17.0. The number of carbonyl (C=O) groups excluding carboxylic acids is 2. The number of piperidine rings is 1. The van der Waals surface area contributed by atoms with Gasteiger partial charge < -0.3 is 15.1 Å². The van der Waals surface area contributed by atoms with E-state index in [-0.39, 0.29) is 17.9 Å². The van der Waals surface area contributed by atoms with Crippen LogP contribution in [0, 0.1) is 5.92 Å². The summed E-state index contributed by atoms with van der Waals surface area (Å²) in [7, 11) is 0. The average molecular weight is 475 g/mol. The van der Waals surface area contributed by atoms with Crippen molar-refractivity contribution in [1.29, 1.82) is 0 Å². The van der Waals surface area contributed by atoms with Gasteiger partial charge in [0.25, 0.3) is 0 Å². The second kappa shape index (κ2) is 10.0. The van der Waals surface area contributed by atoms with Crippen LogP contribution in [0.3, 0.4) is 0 Å². The van der Waals surface area contributed by atoms with Crippen molar-refractivity contribution in [3.63, 3.8) is 0 Å². The van der Waals surface area contributed by atoms with E-state index in [9.17, 15) is 9.59 Å². The number of piperazine rings is 1. The van der Waals surface area contributed by atoms with E-state index in [1.54, 1.807) is 0 Å². The van der Waals surface area contributed by atoms with Gasteiger partial charge in [-0.3, -0.25) is 14.5 Å². The predicted octanol–water partition coefficient (Wildman–Crippen LogP) is 3.67. The van der Waals surface area contributed by atoms with Crippen LogP contribution in [0.1, 0.15) is 45.1 Å². The van der Waals surface area contributed by atoms with Crippen LogP contribution in [-0.4, -0.2) is 65.4 Å². The largest absolute Gasteiger partial charge is 0.371 e. The molecule has 2 aromatic rings. The lowest BCUT2D eigenvalue weighted by Crippen LogP contribution is -2.75. The second-order valence-electron chi connectivity index (χ2n) is 10.9. The zero-order valence-electron chi connectivity index (χ0n) is 21.0. The van der Waals surface area contributed by atoms with Gasteiger partial charge in [-0.15, -0.1) is 0 Å². The maximum absolute atomic E-state index is 14.0. The van der Waals surface area contributed by atoms with Crippen molar-refractivity contribution in [2.24, 2.45) is 5.92 Å². The van der Waals surface area contributed by atoms with Crippen LogP contribution in [0.5, 0.6) is 0 Å². The Hall–Kier alpha value is -2.86. The number of carbonyl (C=O) groups is 2. The Bertz CT molecular complexity index is 1020. The number of nitrogens with one attached hydrogen (secondary N) is 1. The van der Waals surface area contributed by atoms with Gasteiger partial charge in [-0.1, -0.05) is 62.4 Å². The highest BCUT2D eigenvalue weighted by Crippen LogP contribution is 2.38. The molecule has 1 spiro atoms. The van der Waals surface area contributed by atoms with E-state index in [0.29, 0.717) is 25.2 Å². The molecule has 3 aliphatic heterocycles. The normalized spacial score (nSPS) is 24.9. The highest BCUT2D eigenvalue weighted by molar-refractivity contribution is 6.00. The summed E-state index contributed by atoms with van der Waals surface area (Å²) >= 11 is 0. The Morgan fingerprint density at radius 2 is 1.60 bits per heavy atom. The molecule has 2 unspecified atom stereocenters. The van der Waals surface area contributed by atoms with Crippen LogP contribution in [0.2, 0.25) is 0 Å². The van der Waals surface area contributed by atoms with Crippen molar-refractivity contribution in [3.8, 4) is 0 Å². The predicted molar refractivity (Wildman–Crippen MR) is 139 cm³/mol. The average Bonchev–Trinajstić information content (AvgIpc) is 3.32. The number of anilines is 1. The molecule has 35 heavy (non-hydrogen) atoms. The SMILES string of the molecule is CC(C)CC1NC(=O)C2(CCN(c3ccccc3)CC2)N(C2CCN(Cc3ccccc3)C2)C1=O. The smallest absolute Gasteiger partial charge is 0.246 e. The zero-order valence-corrected chi connectivity index (χ0v) is 21.0. The molecule has 2 atom stereocenters. The van der Waals surface area contributed by atoms with E-state index in [1.807, 2.05) is 12.1 Å². The summed E-state index contributed by atoms with van der Waals surface area (Å²) in [5.74, 6) is 0.522. The molecule has 2 aromatic carbocycles. The van der Waals surface area contributed by atoms with Crippen molar-refractivity contribution in [1.82, 2.24) is 15.1 Å². The van der Waals surface area contributed by atoms with Gasteiger partial charge in [0.1, 0.15) is 11.6 Å². The number of amides is 2. The van der Waals surface area contributed by atoms with Crippen molar-refractivity contribution >= 4 is 17.5 Å². The molecule has 0 bridgehead atoms. The molecule has 0 aliphatic carbocycles. The Morgan fingerprint density at radius 3 is 2.26 bits per heavy atom. The van der Waals surface area contributed by atoms with Crippen LogP contribution >= 0.6 is 0 Å². The van der Waals surface area contributed by atoms with Gasteiger partial charge in [-0.05, 0) is 49.3 Å². The minimum absolute atomic E-state index is 0.0528. The third-order valence-electron chi connectivity index (χ3n) is 8.01. The van der Waals surface area contributed by atoms with Gasteiger partial charge in [-0.2, -0.15) is 0 Å². The number of hydrogen-bond donors (Lipinski definition) is 1. The van der Waals surface area contributed by atoms with Crippen molar-refractivity contribution < 1.29 is 9.59 Å². The summed E-state index contributed by atoms with van der Waals surface area (Å²) in [5, 5.41) is 3.15.